The Morgan fingerprint density at radius 1 is 0.889 bits per heavy atom. The maximum Gasteiger partial charge on any atom is 0.305 e. The van der Waals surface area contributed by atoms with E-state index in [1.54, 1.807) is 6.07 Å². The van der Waals surface area contributed by atoms with E-state index in [-0.39, 0.29) is 23.7 Å². The van der Waals surface area contributed by atoms with Crippen molar-refractivity contribution in [3.8, 4) is 5.75 Å². The number of hydrogen-bond acceptors (Lipinski definition) is 7. The maximum atomic E-state index is 13.8. The van der Waals surface area contributed by atoms with E-state index in [1.807, 2.05) is 36.1 Å². The summed E-state index contributed by atoms with van der Waals surface area (Å²) in [7, 11) is 0. The maximum absolute atomic E-state index is 13.8. The van der Waals surface area contributed by atoms with E-state index in [0.29, 0.717) is 25.1 Å². The van der Waals surface area contributed by atoms with Gasteiger partial charge in [0.2, 0.25) is 0 Å². The number of carbonyl (C=O) groups is 2. The first-order chi connectivity index (χ1) is 21.8. The van der Waals surface area contributed by atoms with Crippen molar-refractivity contribution in [2.45, 2.75) is 83.8 Å². The summed E-state index contributed by atoms with van der Waals surface area (Å²) in [5.41, 5.74) is 2.90. The number of amides is 1. The van der Waals surface area contributed by atoms with Gasteiger partial charge in [0.1, 0.15) is 5.75 Å². The lowest BCUT2D eigenvalue weighted by Crippen LogP contribution is -2.57. The van der Waals surface area contributed by atoms with E-state index >= 15 is 0 Å². The molecule has 0 bridgehead atoms. The molecule has 0 radical (unpaired) electrons. The van der Waals surface area contributed by atoms with Crippen LogP contribution >= 0.6 is 0 Å². The number of hydrogen-bond donors (Lipinski definition) is 1. The van der Waals surface area contributed by atoms with Gasteiger partial charge in [0.05, 0.1) is 12.6 Å². The summed E-state index contributed by atoms with van der Waals surface area (Å²) in [5, 5.41) is 10.4. The van der Waals surface area contributed by atoms with Crippen LogP contribution < -0.4 is 0 Å². The Morgan fingerprint density at radius 3 is 2.31 bits per heavy atom. The van der Waals surface area contributed by atoms with Crippen molar-refractivity contribution in [2.24, 2.45) is 5.92 Å². The number of phenolic OH excluding ortho intramolecular Hbond substituents is 1. The Hall–Kier alpha value is -2.94. The molecule has 2 heterocycles. The number of piperazine rings is 2. The quantitative estimate of drug-likeness (QED) is 0.220. The van der Waals surface area contributed by atoms with Crippen LogP contribution in [0.25, 0.3) is 0 Å². The van der Waals surface area contributed by atoms with Crippen LogP contribution in [0.2, 0.25) is 0 Å². The molecule has 1 unspecified atom stereocenters. The van der Waals surface area contributed by atoms with E-state index in [2.05, 4.69) is 46.7 Å². The summed E-state index contributed by atoms with van der Waals surface area (Å²) < 4.78 is 5.01. The third-order valence-corrected chi connectivity index (χ3v) is 9.89. The third-order valence-electron chi connectivity index (χ3n) is 9.89. The molecular formula is C37H54N4O4. The molecule has 2 saturated heterocycles. The number of unbranched alkanes of at least 4 members (excludes halogenated alkanes) is 3. The topological polar surface area (TPSA) is 76.6 Å². The molecular weight excluding hydrogens is 564 g/mol. The number of rotatable bonds is 14. The zero-order valence-corrected chi connectivity index (χ0v) is 27.7. The van der Waals surface area contributed by atoms with E-state index in [1.165, 1.54) is 19.4 Å². The minimum Gasteiger partial charge on any atom is -0.508 e. The smallest absolute Gasteiger partial charge is 0.305 e. The van der Waals surface area contributed by atoms with Gasteiger partial charge in [0.25, 0.3) is 5.91 Å². The number of ether oxygens (including phenoxy) is 1. The van der Waals surface area contributed by atoms with Crippen molar-refractivity contribution < 1.29 is 19.4 Å². The highest BCUT2D eigenvalue weighted by Crippen LogP contribution is 2.37. The molecule has 3 aliphatic rings. The lowest BCUT2D eigenvalue weighted by atomic mass is 9.92. The second-order valence-electron chi connectivity index (χ2n) is 13.5. The van der Waals surface area contributed by atoms with Crippen molar-refractivity contribution in [3.05, 3.63) is 65.2 Å². The summed E-state index contributed by atoms with van der Waals surface area (Å²) in [5.74, 6) is 1.14. The lowest BCUT2D eigenvalue weighted by Gasteiger charge is -2.48. The van der Waals surface area contributed by atoms with Gasteiger partial charge in [-0.2, -0.15) is 0 Å². The Kier molecular flexibility index (Phi) is 11.9. The van der Waals surface area contributed by atoms with Gasteiger partial charge in [-0.1, -0.05) is 37.1 Å². The summed E-state index contributed by atoms with van der Waals surface area (Å²) >= 11 is 0. The van der Waals surface area contributed by atoms with E-state index < -0.39 is 0 Å². The standard InChI is InChI=1S/C37H54N4O4/c1-4-45-35(43)15-7-5-6-8-18-38-19-21-39(22-20-38)37(44)33-13-9-11-31(23-33)36(32-12-10-14-34(42)24-32)41-26-28(2)40(25-29(41)3)27-30-16-17-30/h9-14,23-24,28-30,36,42H,4-8,15-22,25-27H2,1-3H3/t28-,29-,36?/m1/s1. The molecule has 246 valence electrons. The largest absolute Gasteiger partial charge is 0.508 e. The summed E-state index contributed by atoms with van der Waals surface area (Å²) in [6.45, 7) is 14.4. The molecule has 2 aromatic carbocycles. The molecule has 45 heavy (non-hydrogen) atoms. The Morgan fingerprint density at radius 2 is 1.60 bits per heavy atom. The fourth-order valence-electron chi connectivity index (χ4n) is 7.13. The van der Waals surface area contributed by atoms with Gasteiger partial charge in [-0.25, -0.2) is 0 Å². The molecule has 1 N–H and O–H groups in total. The Bertz CT molecular complexity index is 1260. The van der Waals surface area contributed by atoms with Gasteiger partial charge >= 0.3 is 5.97 Å². The first kappa shape index (κ1) is 33.4. The average molecular weight is 619 g/mol. The summed E-state index contributed by atoms with van der Waals surface area (Å²) in [4.78, 5) is 34.9. The second kappa shape index (κ2) is 16.1. The zero-order chi connectivity index (χ0) is 31.8. The first-order valence-corrected chi connectivity index (χ1v) is 17.4. The van der Waals surface area contributed by atoms with Crippen LogP contribution in [0.1, 0.15) is 93.2 Å². The average Bonchev–Trinajstić information content (AvgIpc) is 3.86. The lowest BCUT2D eigenvalue weighted by molar-refractivity contribution is -0.143. The van der Waals surface area contributed by atoms with Crippen molar-refractivity contribution in [2.75, 3.05) is 59.0 Å². The van der Waals surface area contributed by atoms with Crippen LogP contribution in [-0.2, 0) is 9.53 Å². The van der Waals surface area contributed by atoms with Gasteiger partial charge in [0.15, 0.2) is 0 Å². The fraction of sp³-hybridized carbons (Fsp3) is 0.622. The number of benzene rings is 2. The minimum atomic E-state index is -0.0927. The Labute approximate surface area is 270 Å². The summed E-state index contributed by atoms with van der Waals surface area (Å²) in [6, 6.07) is 16.6. The molecule has 1 saturated carbocycles. The van der Waals surface area contributed by atoms with Gasteiger partial charge < -0.3 is 14.7 Å². The molecule has 1 aliphatic carbocycles. The van der Waals surface area contributed by atoms with E-state index in [4.69, 9.17) is 4.74 Å². The van der Waals surface area contributed by atoms with Crippen LogP contribution in [-0.4, -0.2) is 108 Å². The molecule has 0 spiro atoms. The number of aromatic hydroxyl groups is 1. The van der Waals surface area contributed by atoms with Crippen LogP contribution in [0.15, 0.2) is 48.5 Å². The minimum absolute atomic E-state index is 0.0421. The monoisotopic (exact) mass is 618 g/mol. The third kappa shape index (κ3) is 9.30. The highest BCUT2D eigenvalue weighted by atomic mass is 16.5. The normalized spacial score (nSPS) is 22.3. The van der Waals surface area contributed by atoms with Crippen molar-refractivity contribution in [1.82, 2.24) is 19.6 Å². The van der Waals surface area contributed by atoms with Crippen LogP contribution in [0.5, 0.6) is 5.75 Å². The fourth-order valence-corrected chi connectivity index (χ4v) is 7.13. The highest BCUT2D eigenvalue weighted by molar-refractivity contribution is 5.94. The van der Waals surface area contributed by atoms with Crippen molar-refractivity contribution in [3.63, 3.8) is 0 Å². The molecule has 3 fully saturated rings. The number of phenols is 1. The van der Waals surface area contributed by atoms with Crippen LogP contribution in [0.3, 0.4) is 0 Å². The SMILES string of the molecule is CCOC(=O)CCCCCCN1CCN(C(=O)c2cccc(C(c3cccc(O)c3)N3C[C@@H](C)N(CC4CC4)C[C@H]3C)c2)CC1. The molecule has 2 aromatic rings. The molecule has 1 amide bonds. The Balaban J connectivity index is 1.19. The van der Waals surface area contributed by atoms with Gasteiger partial charge in [-0.05, 0) is 94.3 Å². The molecule has 0 aromatic heterocycles. The molecule has 8 nitrogen and oxygen atoms in total. The van der Waals surface area contributed by atoms with Crippen molar-refractivity contribution >= 4 is 11.9 Å². The molecule has 2 aliphatic heterocycles. The van der Waals surface area contributed by atoms with E-state index in [9.17, 15) is 14.7 Å². The summed E-state index contributed by atoms with van der Waals surface area (Å²) in [6.07, 6.45) is 7.40. The van der Waals surface area contributed by atoms with Gasteiger partial charge in [-0.15, -0.1) is 0 Å². The van der Waals surface area contributed by atoms with Gasteiger partial charge in [-0.3, -0.25) is 24.3 Å². The predicted octanol–water partition coefficient (Wildman–Crippen LogP) is 5.56. The number of nitrogens with zero attached hydrogens (tertiary/aromatic N) is 4. The highest BCUT2D eigenvalue weighted by Gasteiger charge is 2.37. The van der Waals surface area contributed by atoms with Crippen molar-refractivity contribution in [1.29, 1.82) is 0 Å². The predicted molar refractivity (Wildman–Crippen MR) is 178 cm³/mol. The van der Waals surface area contributed by atoms with Crippen LogP contribution in [0.4, 0.5) is 0 Å². The first-order valence-electron chi connectivity index (χ1n) is 17.4. The number of carbonyl (C=O) groups excluding carboxylic acids is 2. The zero-order valence-electron chi connectivity index (χ0n) is 27.7. The molecule has 8 heteroatoms. The van der Waals surface area contributed by atoms with Gasteiger partial charge in [0, 0.05) is 69.9 Å². The van der Waals surface area contributed by atoms with Crippen LogP contribution in [0, 0.1) is 5.92 Å². The number of esters is 1. The molecule has 3 atom stereocenters. The molecule has 5 rings (SSSR count). The van der Waals surface area contributed by atoms with E-state index in [0.717, 1.165) is 94.1 Å². The second-order valence-corrected chi connectivity index (χ2v) is 13.5.